The van der Waals surface area contributed by atoms with Crippen molar-refractivity contribution < 1.29 is 23.6 Å². The minimum absolute atomic E-state index is 0.154. The molecule has 3 N–H and O–H groups in total. The molecule has 1 unspecified atom stereocenters. The molecule has 0 spiro atoms. The number of hydrogen-bond donors (Lipinski definition) is 2. The van der Waals surface area contributed by atoms with Gasteiger partial charge < -0.3 is 19.8 Å². The van der Waals surface area contributed by atoms with Crippen LogP contribution in [0.15, 0.2) is 103 Å². The number of esters is 1. The third kappa shape index (κ3) is 6.84. The van der Waals surface area contributed by atoms with Crippen molar-refractivity contribution in [2.75, 3.05) is 12.8 Å². The van der Waals surface area contributed by atoms with Crippen LogP contribution in [0.1, 0.15) is 140 Å². The number of fused-ring (bicyclic) bond motifs is 15. The van der Waals surface area contributed by atoms with Crippen molar-refractivity contribution in [3.05, 3.63) is 133 Å². The smallest absolute Gasteiger partial charge is 0.320 e. The summed E-state index contributed by atoms with van der Waals surface area (Å²) in [6.07, 6.45) is -0.667. The van der Waals surface area contributed by atoms with Gasteiger partial charge in [0.15, 0.2) is 45.0 Å². The molecule has 4 aliphatic rings. The Morgan fingerprint density at radius 3 is 1.60 bits per heavy atom. The van der Waals surface area contributed by atoms with Gasteiger partial charge in [-0.3, -0.25) is 9.59 Å². The number of aliphatic hydroxyl groups excluding tert-OH is 1. The van der Waals surface area contributed by atoms with E-state index < -0.39 is 22.6 Å². The summed E-state index contributed by atoms with van der Waals surface area (Å²) >= 11 is 0. The second-order valence-corrected chi connectivity index (χ2v) is 24.5. The largest absolute Gasteiger partial charge is 0.497 e. The summed E-state index contributed by atoms with van der Waals surface area (Å²) in [4.78, 5) is 54.5. The first kappa shape index (κ1) is 45.0. The average molecular weight is 931 g/mol. The van der Waals surface area contributed by atoms with Crippen molar-refractivity contribution in [3.8, 4) is 0 Å². The third-order valence-electron chi connectivity index (χ3n) is 13.3. The molecule has 0 saturated heterocycles. The van der Waals surface area contributed by atoms with Gasteiger partial charge in [0.25, 0.3) is 0 Å². The molecule has 6 aromatic rings. The van der Waals surface area contributed by atoms with E-state index in [1.165, 1.54) is 7.11 Å². The molecule has 0 fully saturated rings. The topological polar surface area (TPSA) is 171 Å². The van der Waals surface area contributed by atoms with Crippen LogP contribution in [0, 0.1) is 0 Å². The third-order valence-corrected chi connectivity index (χ3v) is 16.1. The summed E-state index contributed by atoms with van der Waals surface area (Å²) in [6.45, 7) is 25.7. The van der Waals surface area contributed by atoms with E-state index in [4.69, 9.17) is 39.6 Å². The highest BCUT2D eigenvalue weighted by atomic mass is 32.3. The Morgan fingerprint density at radius 2 is 1.01 bits per heavy atom. The lowest BCUT2D eigenvalue weighted by molar-refractivity contribution is -0.144. The van der Waals surface area contributed by atoms with Crippen molar-refractivity contribution in [2.45, 2.75) is 118 Å². The molecule has 2 aromatic heterocycles. The number of hydrogen-bond acceptors (Lipinski definition) is 11. The summed E-state index contributed by atoms with van der Waals surface area (Å²) in [5.41, 5.74) is 14.3. The quantitative estimate of drug-likeness (QED) is 0.167. The molecule has 1 atom stereocenters. The number of anilines is 1. The van der Waals surface area contributed by atoms with Crippen LogP contribution in [0.25, 0.3) is 27.2 Å². The molecule has 10 rings (SSSR count). The first-order valence-corrected chi connectivity index (χ1v) is 24.5. The standard InChI is InChI=1S/C54H58N8O5S/c1-51(2,3)28-16-20-34-36(24-28)43(55)61-47(34)60-46-38-26-30(53(7,8)9)15-19-33(38)44(57-46)58-49-39-27-31(54(10,11)12)17-21-35(39)48-59-45-37-25-29(52(4,5)6)14-18-32(37)42(56-45)50(65)68(61,62(48)49)67-41(64)23-22-40(63)66-13/h14-21,24-27,65H,22-23,55H2,1-13H3. The first-order valence-electron chi connectivity index (χ1n) is 23.0. The van der Waals surface area contributed by atoms with E-state index >= 15 is 0 Å². The van der Waals surface area contributed by atoms with Gasteiger partial charge in [-0.15, -0.1) is 0 Å². The zero-order chi connectivity index (χ0) is 48.8. The first-order chi connectivity index (χ1) is 31.8. The fourth-order valence-electron chi connectivity index (χ4n) is 9.19. The summed E-state index contributed by atoms with van der Waals surface area (Å²) in [5.74, 6) is 0.166. The molecule has 350 valence electrons. The molecular weight excluding hydrogens is 873 g/mol. The minimum atomic E-state index is -4.01. The molecule has 4 bridgehead atoms. The number of aliphatic hydroxyl groups is 1. The van der Waals surface area contributed by atoms with Crippen LogP contribution < -0.4 is 16.7 Å². The van der Waals surface area contributed by atoms with Gasteiger partial charge in [-0.25, -0.2) is 32.9 Å². The Morgan fingerprint density at radius 1 is 0.544 bits per heavy atom. The Bertz CT molecular complexity index is 3520. The lowest BCUT2D eigenvalue weighted by Crippen LogP contribution is -2.40. The monoisotopic (exact) mass is 930 g/mol. The van der Waals surface area contributed by atoms with Gasteiger partial charge >= 0.3 is 11.9 Å². The second-order valence-electron chi connectivity index (χ2n) is 22.2. The van der Waals surface area contributed by atoms with Crippen LogP contribution in [0.5, 0.6) is 0 Å². The predicted molar refractivity (Wildman–Crippen MR) is 273 cm³/mol. The molecule has 68 heavy (non-hydrogen) atoms. The molecule has 0 radical (unpaired) electrons. The predicted octanol–water partition coefficient (Wildman–Crippen LogP) is 10.6. The van der Waals surface area contributed by atoms with Gasteiger partial charge in [0.2, 0.25) is 5.09 Å². The van der Waals surface area contributed by atoms with E-state index in [2.05, 4.69) is 113 Å². The summed E-state index contributed by atoms with van der Waals surface area (Å²) in [5, 5.41) is 16.1. The van der Waals surface area contributed by atoms with Crippen LogP contribution in [0.4, 0.5) is 11.6 Å². The maximum Gasteiger partial charge on any atom is 0.320 e. The van der Waals surface area contributed by atoms with Crippen LogP contribution >= 0.6 is 10.7 Å². The fourth-order valence-corrected chi connectivity index (χ4v) is 12.2. The van der Waals surface area contributed by atoms with E-state index in [1.54, 1.807) is 7.94 Å². The van der Waals surface area contributed by atoms with E-state index in [0.29, 0.717) is 61.2 Å². The second kappa shape index (κ2) is 14.8. The zero-order valence-electron chi connectivity index (χ0n) is 41.0. The van der Waals surface area contributed by atoms with Gasteiger partial charge in [0.1, 0.15) is 11.5 Å². The molecule has 4 aliphatic heterocycles. The number of benzene rings is 4. The summed E-state index contributed by atoms with van der Waals surface area (Å²) in [6, 6.07) is 24.5. The average Bonchev–Trinajstić information content (AvgIpc) is 3.98. The SMILES string of the molecule is COC(=O)CCC(=O)OS12C(O)=C3N=C(N=c4c5ccc(C(C)(C)C)cc5c(n41)=NC1=NC(=Nc4c5ccc(C(C)(C)C)cc5c(N)n42)c2cc(C(C)(C)C)ccc21)c1cc(C(C)(C)C)ccc13. The van der Waals surface area contributed by atoms with Crippen molar-refractivity contribution in [3.63, 3.8) is 0 Å². The van der Waals surface area contributed by atoms with Crippen molar-refractivity contribution in [1.29, 1.82) is 0 Å². The number of methoxy groups -OCH3 is 1. The Hall–Kier alpha value is -6.80. The fraction of sp³-hybridized carbons (Fsp3) is 0.352. The summed E-state index contributed by atoms with van der Waals surface area (Å²) in [7, 11) is -2.74. The molecule has 0 saturated carbocycles. The highest BCUT2D eigenvalue weighted by Gasteiger charge is 2.49. The van der Waals surface area contributed by atoms with E-state index in [0.717, 1.165) is 33.4 Å². The van der Waals surface area contributed by atoms with Gasteiger partial charge in [0, 0.05) is 43.8 Å². The zero-order valence-corrected chi connectivity index (χ0v) is 41.9. The van der Waals surface area contributed by atoms with Crippen molar-refractivity contribution in [1.82, 2.24) is 7.94 Å². The Labute approximate surface area is 397 Å². The number of amidine groups is 3. The lowest BCUT2D eigenvalue weighted by Gasteiger charge is -2.40. The Balaban J connectivity index is 1.48. The summed E-state index contributed by atoms with van der Waals surface area (Å²) < 4.78 is 15.5. The van der Waals surface area contributed by atoms with Gasteiger partial charge in [-0.2, -0.15) is 0 Å². The number of carbonyl (C=O) groups is 2. The van der Waals surface area contributed by atoms with Gasteiger partial charge in [-0.1, -0.05) is 132 Å². The number of aliphatic imine (C=N–C) groups is 3. The van der Waals surface area contributed by atoms with E-state index in [9.17, 15) is 14.7 Å². The van der Waals surface area contributed by atoms with Crippen LogP contribution in [0.2, 0.25) is 0 Å². The van der Waals surface area contributed by atoms with Crippen molar-refractivity contribution in [2.24, 2.45) is 25.0 Å². The number of nitrogens with two attached hydrogens (primary N) is 1. The molecule has 0 amide bonds. The number of ether oxygens (including phenoxy) is 1. The van der Waals surface area contributed by atoms with Gasteiger partial charge in [0.05, 0.1) is 20.0 Å². The Kier molecular flexibility index (Phi) is 9.83. The number of nitrogens with zero attached hydrogens (tertiary/aromatic N) is 7. The number of rotatable bonds is 4. The molecular formula is C54H58N8O5S. The van der Waals surface area contributed by atoms with Crippen LogP contribution in [0.3, 0.4) is 0 Å². The van der Waals surface area contributed by atoms with Crippen LogP contribution in [-0.2, 0) is 40.2 Å². The van der Waals surface area contributed by atoms with Crippen molar-refractivity contribution >= 4 is 79.0 Å². The normalized spacial score (nSPS) is 18.4. The van der Waals surface area contributed by atoms with E-state index in [-0.39, 0.29) is 56.9 Å². The van der Waals surface area contributed by atoms with E-state index in [1.807, 2.05) is 42.5 Å². The van der Waals surface area contributed by atoms with Gasteiger partial charge in [-0.05, 0) is 68.2 Å². The minimum Gasteiger partial charge on any atom is -0.497 e. The lowest BCUT2D eigenvalue weighted by atomic mass is 9.85. The van der Waals surface area contributed by atoms with Crippen LogP contribution in [-0.4, -0.2) is 49.6 Å². The molecule has 6 heterocycles. The number of carbonyl (C=O) groups excluding carboxylic acids is 2. The molecule has 0 aliphatic carbocycles. The number of nitrogen functional groups attached to an aromatic ring is 1. The molecule has 13 nitrogen and oxygen atoms in total. The highest BCUT2D eigenvalue weighted by Crippen LogP contribution is 2.65. The maximum atomic E-state index is 14.9. The molecule has 14 heteroatoms. The maximum absolute atomic E-state index is 14.9. The molecule has 4 aromatic carbocycles. The number of aromatic nitrogens is 2. The highest BCUT2D eigenvalue weighted by molar-refractivity contribution is 8.30.